The first-order chi connectivity index (χ1) is 11.7. The summed E-state index contributed by atoms with van der Waals surface area (Å²) in [6.45, 7) is 0.627. The van der Waals surface area contributed by atoms with Crippen LogP contribution in [0, 0.1) is 11.7 Å². The maximum absolute atomic E-state index is 14.3. The number of esters is 1. The number of carbonyl (C=O) groups is 2. The Labute approximate surface area is 151 Å². The average molecular weight is 372 g/mol. The van der Waals surface area contributed by atoms with Crippen LogP contribution in [0.3, 0.4) is 0 Å². The van der Waals surface area contributed by atoms with E-state index in [0.717, 1.165) is 19.3 Å². The second-order valence-electron chi connectivity index (χ2n) is 6.88. The first kappa shape index (κ1) is 19.7. The Morgan fingerprint density at radius 3 is 2.72 bits per heavy atom. The van der Waals surface area contributed by atoms with Crippen molar-refractivity contribution in [3.05, 3.63) is 34.6 Å². The van der Waals surface area contributed by atoms with Crippen molar-refractivity contribution >= 4 is 23.5 Å². The van der Waals surface area contributed by atoms with Gasteiger partial charge in [0.05, 0.1) is 0 Å². The van der Waals surface area contributed by atoms with Crippen molar-refractivity contribution in [3.8, 4) is 0 Å². The van der Waals surface area contributed by atoms with Gasteiger partial charge in [-0.3, -0.25) is 0 Å². The van der Waals surface area contributed by atoms with Crippen LogP contribution in [0.5, 0.6) is 0 Å². The number of benzene rings is 1. The minimum absolute atomic E-state index is 0.0744. The molecule has 0 bridgehead atoms. The monoisotopic (exact) mass is 371 g/mol. The molecule has 25 heavy (non-hydrogen) atoms. The Balaban J connectivity index is 2.39. The summed E-state index contributed by atoms with van der Waals surface area (Å²) in [6.07, 6.45) is 3.19. The number of carboxylic acid groups (broad SMARTS) is 1. The van der Waals surface area contributed by atoms with Crippen molar-refractivity contribution in [1.82, 2.24) is 4.90 Å². The van der Waals surface area contributed by atoms with Crippen LogP contribution in [0.4, 0.5) is 4.39 Å². The van der Waals surface area contributed by atoms with Crippen LogP contribution in [-0.2, 0) is 20.7 Å². The van der Waals surface area contributed by atoms with Gasteiger partial charge in [-0.1, -0.05) is 24.1 Å². The molecule has 0 unspecified atom stereocenters. The molecule has 1 aliphatic rings. The molecule has 1 aromatic rings. The predicted octanol–water partition coefficient (Wildman–Crippen LogP) is 3.14. The summed E-state index contributed by atoms with van der Waals surface area (Å²) in [6, 6.07) is 4.36. The zero-order valence-electron chi connectivity index (χ0n) is 14.4. The molecule has 0 aliphatic heterocycles. The lowest BCUT2D eigenvalue weighted by atomic mass is 9.71. The van der Waals surface area contributed by atoms with E-state index >= 15 is 0 Å². The highest BCUT2D eigenvalue weighted by atomic mass is 35.5. The second-order valence-corrected chi connectivity index (χ2v) is 7.31. The molecule has 1 fully saturated rings. The van der Waals surface area contributed by atoms with Crippen molar-refractivity contribution in [2.24, 2.45) is 5.92 Å². The van der Waals surface area contributed by atoms with Gasteiger partial charge in [0.1, 0.15) is 11.4 Å². The van der Waals surface area contributed by atoms with Crippen LogP contribution >= 0.6 is 11.6 Å². The van der Waals surface area contributed by atoms with Crippen LogP contribution in [-0.4, -0.2) is 48.2 Å². The van der Waals surface area contributed by atoms with E-state index in [-0.39, 0.29) is 17.4 Å². The molecule has 0 radical (unpaired) electrons. The molecule has 2 rings (SSSR count). The topological polar surface area (TPSA) is 66.8 Å². The van der Waals surface area contributed by atoms with Crippen LogP contribution in [0.25, 0.3) is 0 Å². The summed E-state index contributed by atoms with van der Waals surface area (Å²) in [5, 5.41) is 9.26. The van der Waals surface area contributed by atoms with Crippen molar-refractivity contribution in [2.75, 3.05) is 20.6 Å². The molecule has 138 valence electrons. The summed E-state index contributed by atoms with van der Waals surface area (Å²) >= 11 is 5.81. The van der Waals surface area contributed by atoms with Crippen LogP contribution < -0.4 is 0 Å². The molecule has 1 aromatic carbocycles. The highest BCUT2D eigenvalue weighted by molar-refractivity contribution is 6.30. The van der Waals surface area contributed by atoms with E-state index < -0.39 is 23.4 Å². The SMILES string of the molecule is CN(C)C[C@H]1CCCC[C@]1(Cc1ccc(Cl)cc1F)OC(=O)C(=O)O. The van der Waals surface area contributed by atoms with Gasteiger partial charge in [0.25, 0.3) is 0 Å². The largest absolute Gasteiger partial charge is 0.473 e. The van der Waals surface area contributed by atoms with Gasteiger partial charge in [-0.25, -0.2) is 14.0 Å². The summed E-state index contributed by atoms with van der Waals surface area (Å²) < 4.78 is 19.8. The second kappa shape index (κ2) is 8.15. The van der Waals surface area contributed by atoms with E-state index in [1.165, 1.54) is 6.07 Å². The predicted molar refractivity (Wildman–Crippen MR) is 92.1 cm³/mol. The van der Waals surface area contributed by atoms with Gasteiger partial charge < -0.3 is 14.7 Å². The molecular weight excluding hydrogens is 349 g/mol. The first-order valence-electron chi connectivity index (χ1n) is 8.28. The van der Waals surface area contributed by atoms with Crippen molar-refractivity contribution in [2.45, 2.75) is 37.7 Å². The maximum Gasteiger partial charge on any atom is 0.417 e. The Hall–Kier alpha value is -1.66. The number of rotatable bonds is 5. The molecular formula is C18H23ClFNO4. The van der Waals surface area contributed by atoms with Gasteiger partial charge in [-0.05, 0) is 51.1 Å². The van der Waals surface area contributed by atoms with Crippen molar-refractivity contribution in [3.63, 3.8) is 0 Å². The van der Waals surface area contributed by atoms with E-state index in [9.17, 15) is 14.0 Å². The lowest BCUT2D eigenvalue weighted by molar-refractivity contribution is -0.183. The molecule has 1 saturated carbocycles. The maximum atomic E-state index is 14.3. The van der Waals surface area contributed by atoms with Gasteiger partial charge in [-0.15, -0.1) is 0 Å². The fraction of sp³-hybridized carbons (Fsp3) is 0.556. The third-order valence-electron chi connectivity index (χ3n) is 4.71. The molecule has 0 saturated heterocycles. The number of aliphatic carboxylic acids is 1. The molecule has 7 heteroatoms. The highest BCUT2D eigenvalue weighted by Crippen LogP contribution is 2.40. The standard InChI is InChI=1S/C18H23ClFNO4/c1-21(2)11-13-5-3-4-8-18(13,25-17(24)16(22)23)10-12-6-7-14(19)9-15(12)20/h6-7,9,13H,3-5,8,10-11H2,1-2H3,(H,22,23)/t13-,18-/m1/s1. The van der Waals surface area contributed by atoms with Crippen LogP contribution in [0.1, 0.15) is 31.2 Å². The average Bonchev–Trinajstić information content (AvgIpc) is 2.52. The number of halogens is 2. The zero-order valence-corrected chi connectivity index (χ0v) is 15.2. The summed E-state index contributed by atoms with van der Waals surface area (Å²) in [5.74, 6) is -3.48. The molecule has 0 heterocycles. The van der Waals surface area contributed by atoms with Gasteiger partial charge in [0.15, 0.2) is 0 Å². The van der Waals surface area contributed by atoms with E-state index in [4.69, 9.17) is 21.4 Å². The van der Waals surface area contributed by atoms with Crippen molar-refractivity contribution < 1.29 is 23.8 Å². The minimum atomic E-state index is -1.63. The zero-order chi connectivity index (χ0) is 18.6. The summed E-state index contributed by atoms with van der Waals surface area (Å²) in [7, 11) is 3.81. The van der Waals surface area contributed by atoms with Crippen molar-refractivity contribution in [1.29, 1.82) is 0 Å². The van der Waals surface area contributed by atoms with Crippen LogP contribution in [0.15, 0.2) is 18.2 Å². The highest BCUT2D eigenvalue weighted by Gasteiger charge is 2.45. The molecule has 5 nitrogen and oxygen atoms in total. The normalized spacial score (nSPS) is 23.5. The number of carboxylic acids is 1. The van der Waals surface area contributed by atoms with Gasteiger partial charge in [0.2, 0.25) is 0 Å². The van der Waals surface area contributed by atoms with Gasteiger partial charge >= 0.3 is 11.9 Å². The Kier molecular flexibility index (Phi) is 6.41. The number of ether oxygens (including phenoxy) is 1. The third-order valence-corrected chi connectivity index (χ3v) is 4.94. The summed E-state index contributed by atoms with van der Waals surface area (Å²) in [5.41, 5.74) is -0.666. The van der Waals surface area contributed by atoms with E-state index in [2.05, 4.69) is 0 Å². The molecule has 0 amide bonds. The lowest BCUT2D eigenvalue weighted by Crippen LogP contribution is -2.51. The molecule has 0 aromatic heterocycles. The van der Waals surface area contributed by atoms with Gasteiger partial charge in [-0.2, -0.15) is 0 Å². The lowest BCUT2D eigenvalue weighted by Gasteiger charge is -2.44. The fourth-order valence-electron chi connectivity index (χ4n) is 3.60. The third kappa shape index (κ3) is 4.92. The molecule has 1 aliphatic carbocycles. The Morgan fingerprint density at radius 1 is 1.40 bits per heavy atom. The number of hydrogen-bond acceptors (Lipinski definition) is 4. The summed E-state index contributed by atoms with van der Waals surface area (Å²) in [4.78, 5) is 24.8. The number of carbonyl (C=O) groups excluding carboxylic acids is 1. The number of hydrogen-bond donors (Lipinski definition) is 1. The van der Waals surface area contributed by atoms with Gasteiger partial charge in [0, 0.05) is 23.9 Å². The van der Waals surface area contributed by atoms with Crippen LogP contribution in [0.2, 0.25) is 5.02 Å². The number of nitrogens with zero attached hydrogens (tertiary/aromatic N) is 1. The van der Waals surface area contributed by atoms with E-state index in [1.54, 1.807) is 12.1 Å². The minimum Gasteiger partial charge on any atom is -0.473 e. The van der Waals surface area contributed by atoms with E-state index in [1.807, 2.05) is 19.0 Å². The first-order valence-corrected chi connectivity index (χ1v) is 8.66. The quantitative estimate of drug-likeness (QED) is 0.636. The molecule has 2 atom stereocenters. The smallest absolute Gasteiger partial charge is 0.417 e. The molecule has 0 spiro atoms. The molecule has 1 N–H and O–H groups in total. The fourth-order valence-corrected chi connectivity index (χ4v) is 3.76. The Morgan fingerprint density at radius 2 is 2.12 bits per heavy atom. The van der Waals surface area contributed by atoms with E-state index in [0.29, 0.717) is 18.5 Å². The Bertz CT molecular complexity index is 652.